The van der Waals surface area contributed by atoms with Gasteiger partial charge in [-0.25, -0.2) is 9.59 Å². The number of fused-ring (bicyclic) bond motifs is 5. The number of carbonyl (C=O) groups is 2. The first kappa shape index (κ1) is 21.7. The number of hydrogen-bond donors (Lipinski definition) is 2. The minimum atomic E-state index is -2.20. The molecule has 8 rings (SSSR count). The zero-order valence-corrected chi connectivity index (χ0v) is 19.7. The third-order valence-corrected chi connectivity index (χ3v) is 10.4. The molecule has 2 bridgehead atoms. The van der Waals surface area contributed by atoms with E-state index in [1.165, 1.54) is 19.1 Å². The third-order valence-electron chi connectivity index (χ3n) is 10.4. The van der Waals surface area contributed by atoms with Crippen molar-refractivity contribution in [2.45, 2.75) is 60.8 Å². The maximum atomic E-state index is 14.5. The zero-order valence-electron chi connectivity index (χ0n) is 19.7. The van der Waals surface area contributed by atoms with Crippen LogP contribution in [0.15, 0.2) is 12.1 Å². The molecule has 11 nitrogen and oxygen atoms in total. The number of ether oxygens (including phenoxy) is 4. The van der Waals surface area contributed by atoms with Gasteiger partial charge in [0.05, 0.1) is 38.4 Å². The number of hydrogen-bond acceptors (Lipinski definition) is 9. The monoisotopic (exact) mass is 488 g/mol. The molecule has 35 heavy (non-hydrogen) atoms. The van der Waals surface area contributed by atoms with Crippen molar-refractivity contribution >= 4 is 17.7 Å². The molecule has 3 saturated carbocycles. The average Bonchev–Trinajstić information content (AvgIpc) is 3.49. The van der Waals surface area contributed by atoms with Gasteiger partial charge in [-0.05, 0) is 37.3 Å². The summed E-state index contributed by atoms with van der Waals surface area (Å²) in [5.74, 6) is -0.229. The molecule has 11 heteroatoms. The molecule has 1 aromatic rings. The second-order valence-corrected chi connectivity index (χ2v) is 10.9. The summed E-state index contributed by atoms with van der Waals surface area (Å²) >= 11 is 0. The number of quaternary nitrogens is 1. The Morgan fingerprint density at radius 3 is 2.63 bits per heavy atom. The van der Waals surface area contributed by atoms with Gasteiger partial charge >= 0.3 is 12.1 Å². The van der Waals surface area contributed by atoms with E-state index >= 15 is 0 Å². The van der Waals surface area contributed by atoms with Crippen LogP contribution in [-0.4, -0.2) is 77.9 Å². The highest BCUT2D eigenvalue weighted by atomic mass is 16.7. The van der Waals surface area contributed by atoms with Crippen LogP contribution < -0.4 is 14.4 Å². The number of esters is 1. The molecule has 4 heterocycles. The van der Waals surface area contributed by atoms with Crippen LogP contribution in [-0.2, 0) is 19.7 Å². The lowest BCUT2D eigenvalue weighted by atomic mass is 9.35. The topological polar surface area (TPSA) is 138 Å². The number of hydroxylamine groups is 3. The largest absolute Gasteiger partial charge is 0.631 e. The Morgan fingerprint density at radius 2 is 1.89 bits per heavy atom. The summed E-state index contributed by atoms with van der Waals surface area (Å²) in [7, 11) is 2.41. The summed E-state index contributed by atoms with van der Waals surface area (Å²) < 4.78 is 20.9. The average molecular weight is 488 g/mol. The number of carbonyl (C=O) groups excluding carboxylic acids is 2. The van der Waals surface area contributed by atoms with E-state index in [-0.39, 0.29) is 50.6 Å². The number of amides is 1. The van der Waals surface area contributed by atoms with Crippen LogP contribution in [0.3, 0.4) is 0 Å². The quantitative estimate of drug-likeness (QED) is 0.340. The second-order valence-electron chi connectivity index (χ2n) is 10.9. The number of piperidine rings is 1. The summed E-state index contributed by atoms with van der Waals surface area (Å²) in [6.45, 7) is 0.253. The van der Waals surface area contributed by atoms with Crippen LogP contribution in [0.2, 0.25) is 0 Å². The molecule has 3 spiro atoms. The van der Waals surface area contributed by atoms with E-state index in [0.717, 1.165) is 0 Å². The Bertz CT molecular complexity index is 1210. The van der Waals surface area contributed by atoms with Gasteiger partial charge in [0.2, 0.25) is 12.5 Å². The molecule has 2 N–H and O–H groups in total. The predicted molar refractivity (Wildman–Crippen MR) is 117 cm³/mol. The first-order valence-corrected chi connectivity index (χ1v) is 12.1. The summed E-state index contributed by atoms with van der Waals surface area (Å²) in [5.41, 5.74) is -7.50. The Hall–Kier alpha value is -2.60. The molecule has 0 aromatic heterocycles. The van der Waals surface area contributed by atoms with Gasteiger partial charge in [-0.15, -0.1) is 0 Å². The van der Waals surface area contributed by atoms with Gasteiger partial charge in [0.15, 0.2) is 17.1 Å². The minimum Gasteiger partial charge on any atom is -0.631 e. The molecule has 3 aliphatic carbocycles. The molecule has 1 unspecified atom stereocenters. The van der Waals surface area contributed by atoms with Gasteiger partial charge in [0.25, 0.3) is 0 Å². The summed E-state index contributed by atoms with van der Waals surface area (Å²) in [6, 6.07) is 3.43. The Morgan fingerprint density at radius 1 is 1.09 bits per heavy atom. The Labute approximate surface area is 201 Å². The van der Waals surface area contributed by atoms with Crippen molar-refractivity contribution in [1.82, 2.24) is 0 Å². The van der Waals surface area contributed by atoms with E-state index in [2.05, 4.69) is 0 Å². The standard InChI is InChI=1S/C24H28N2O9/c1-32-18(27)22(29)12-20-6-3-10-26(31)11-9-21(24(20,26)30)14-4-5-15-17(35-13-34-15)16(14)25(19(28)33-2)23(21,22)8-7-20/h4-5,29-30H,3,6-13H2,1-2H3/t20-,21+,22-,23+,24-,26?/m1/s1. The number of anilines is 1. The van der Waals surface area contributed by atoms with E-state index in [4.69, 9.17) is 18.9 Å². The number of benzene rings is 1. The van der Waals surface area contributed by atoms with E-state index in [9.17, 15) is 25.0 Å². The van der Waals surface area contributed by atoms with Gasteiger partial charge in [-0.3, -0.25) is 4.90 Å². The number of rotatable bonds is 1. The molecule has 2 saturated heterocycles. The molecule has 1 aromatic carbocycles. The predicted octanol–water partition coefficient (Wildman–Crippen LogP) is 1.27. The summed E-state index contributed by atoms with van der Waals surface area (Å²) in [4.78, 5) is 28.4. The molecular weight excluding hydrogens is 460 g/mol. The lowest BCUT2D eigenvalue weighted by molar-refractivity contribution is -0.968. The highest BCUT2D eigenvalue weighted by Crippen LogP contribution is 2.82. The van der Waals surface area contributed by atoms with Crippen LogP contribution in [0, 0.1) is 10.6 Å². The molecule has 0 radical (unpaired) electrons. The maximum absolute atomic E-state index is 14.5. The highest BCUT2D eigenvalue weighted by Gasteiger charge is 2.95. The fourth-order valence-electron chi connectivity index (χ4n) is 9.46. The Balaban J connectivity index is 1.66. The maximum Gasteiger partial charge on any atom is 0.414 e. The van der Waals surface area contributed by atoms with E-state index in [0.29, 0.717) is 30.6 Å². The molecule has 7 aliphatic rings. The fourth-order valence-corrected chi connectivity index (χ4v) is 9.46. The molecule has 6 atom stereocenters. The molecule has 1 amide bonds. The minimum absolute atomic E-state index is 0.0716. The molecule has 188 valence electrons. The van der Waals surface area contributed by atoms with Crippen molar-refractivity contribution in [1.29, 1.82) is 0 Å². The normalized spacial score (nSPS) is 45.6. The summed E-state index contributed by atoms with van der Waals surface area (Å²) in [5, 5.41) is 39.8. The summed E-state index contributed by atoms with van der Waals surface area (Å²) in [6.07, 6.45) is 0.775. The Kier molecular flexibility index (Phi) is 3.73. The lowest BCUT2D eigenvalue weighted by Gasteiger charge is -2.75. The van der Waals surface area contributed by atoms with Crippen LogP contribution in [0.4, 0.5) is 10.5 Å². The fraction of sp³-hybridized carbons (Fsp3) is 0.667. The second kappa shape index (κ2) is 6.03. The van der Waals surface area contributed by atoms with Gasteiger partial charge < -0.3 is 39.0 Å². The highest BCUT2D eigenvalue weighted by molar-refractivity contribution is 6.01. The van der Waals surface area contributed by atoms with E-state index in [1.54, 1.807) is 12.1 Å². The third kappa shape index (κ3) is 1.78. The van der Waals surface area contributed by atoms with Crippen LogP contribution in [0.1, 0.15) is 44.1 Å². The van der Waals surface area contributed by atoms with E-state index < -0.39 is 44.4 Å². The van der Waals surface area contributed by atoms with Crippen molar-refractivity contribution in [3.8, 4) is 11.5 Å². The van der Waals surface area contributed by atoms with Gasteiger partial charge in [0, 0.05) is 12.8 Å². The van der Waals surface area contributed by atoms with Gasteiger partial charge in [-0.1, -0.05) is 6.07 Å². The number of aliphatic hydroxyl groups is 2. The zero-order chi connectivity index (χ0) is 24.6. The smallest absolute Gasteiger partial charge is 0.414 e. The lowest BCUT2D eigenvalue weighted by Crippen LogP contribution is -2.92. The van der Waals surface area contributed by atoms with Crippen molar-refractivity contribution < 1.29 is 43.4 Å². The first-order valence-electron chi connectivity index (χ1n) is 12.1. The van der Waals surface area contributed by atoms with Crippen LogP contribution in [0.5, 0.6) is 11.5 Å². The van der Waals surface area contributed by atoms with Crippen molar-refractivity contribution in [3.05, 3.63) is 22.9 Å². The van der Waals surface area contributed by atoms with Crippen LogP contribution in [0.25, 0.3) is 0 Å². The van der Waals surface area contributed by atoms with Crippen LogP contribution >= 0.6 is 0 Å². The van der Waals surface area contributed by atoms with Crippen molar-refractivity contribution in [2.24, 2.45) is 5.41 Å². The number of nitrogens with zero attached hydrogens (tertiary/aromatic N) is 2. The van der Waals surface area contributed by atoms with Gasteiger partial charge in [-0.2, -0.15) is 0 Å². The molecule has 4 aliphatic heterocycles. The van der Waals surface area contributed by atoms with Crippen molar-refractivity contribution in [2.75, 3.05) is 39.0 Å². The van der Waals surface area contributed by atoms with Gasteiger partial charge in [0.1, 0.15) is 11.0 Å². The molecule has 5 fully saturated rings. The first-order chi connectivity index (χ1) is 16.6. The molecular formula is C24H28N2O9. The number of methoxy groups -OCH3 is 2. The SMILES string of the molecule is COC(=O)N1c2c(ccc3c2OCO3)[C@@]23CC[N+]4([O-])CCC[C@]5(CC[C@]12[C@](O)(C(=O)OC)C5)[C@@]34O. The van der Waals surface area contributed by atoms with E-state index in [1.807, 2.05) is 0 Å². The van der Waals surface area contributed by atoms with Crippen molar-refractivity contribution in [3.63, 3.8) is 0 Å².